The monoisotopic (exact) mass is 196 g/mol. The van der Waals surface area contributed by atoms with Crippen LogP contribution in [0.5, 0.6) is 0 Å². The molecule has 1 N–H and O–H groups in total. The zero-order chi connectivity index (χ0) is 9.26. The van der Waals surface area contributed by atoms with Gasteiger partial charge in [0.1, 0.15) is 18.3 Å². The maximum atomic E-state index is 11.3. The average Bonchev–Trinajstić information content (AvgIpc) is 2.61. The fourth-order valence-electron chi connectivity index (χ4n) is 0.963. The first-order chi connectivity index (χ1) is 6.27. The predicted molar refractivity (Wildman–Crippen MR) is 47.0 cm³/mol. The van der Waals surface area contributed by atoms with Crippen LogP contribution in [0.1, 0.15) is 0 Å². The molecule has 0 aromatic carbocycles. The molecule has 2 aromatic rings. The standard InChI is InChI=1S/C7H5ClN4O/c8-5-1-6(7(13)9-2-5)12-3-10-11-4-12/h1-4H,(H,9,13). The van der Waals surface area contributed by atoms with Gasteiger partial charge in [0, 0.05) is 6.20 Å². The third-order valence-corrected chi connectivity index (χ3v) is 1.76. The van der Waals surface area contributed by atoms with Crippen LogP contribution in [0, 0.1) is 0 Å². The molecule has 13 heavy (non-hydrogen) atoms. The van der Waals surface area contributed by atoms with Crippen molar-refractivity contribution in [3.05, 3.63) is 40.3 Å². The average molecular weight is 197 g/mol. The van der Waals surface area contributed by atoms with Crippen LogP contribution >= 0.6 is 11.6 Å². The molecule has 2 rings (SSSR count). The highest BCUT2D eigenvalue weighted by atomic mass is 35.5. The summed E-state index contributed by atoms with van der Waals surface area (Å²) < 4.78 is 1.49. The normalized spacial score (nSPS) is 10.2. The van der Waals surface area contributed by atoms with Gasteiger partial charge in [-0.3, -0.25) is 9.36 Å². The minimum Gasteiger partial charge on any atom is -0.326 e. The molecule has 0 bridgehead atoms. The first-order valence-corrected chi connectivity index (χ1v) is 3.88. The Labute approximate surface area is 78.0 Å². The fraction of sp³-hybridized carbons (Fsp3) is 0. The topological polar surface area (TPSA) is 63.6 Å². The molecule has 66 valence electrons. The highest BCUT2D eigenvalue weighted by Crippen LogP contribution is 2.07. The molecule has 0 aliphatic carbocycles. The number of hydrogen-bond donors (Lipinski definition) is 1. The van der Waals surface area contributed by atoms with Crippen molar-refractivity contribution in [2.45, 2.75) is 0 Å². The molecule has 6 heteroatoms. The van der Waals surface area contributed by atoms with Gasteiger partial charge >= 0.3 is 0 Å². The van der Waals surface area contributed by atoms with E-state index in [1.165, 1.54) is 23.4 Å². The fourth-order valence-corrected chi connectivity index (χ4v) is 1.12. The van der Waals surface area contributed by atoms with Crippen molar-refractivity contribution in [3.8, 4) is 5.69 Å². The van der Waals surface area contributed by atoms with Gasteiger partial charge < -0.3 is 4.98 Å². The van der Waals surface area contributed by atoms with Gasteiger partial charge in [-0.15, -0.1) is 10.2 Å². The number of pyridine rings is 1. The van der Waals surface area contributed by atoms with E-state index in [2.05, 4.69) is 15.2 Å². The SMILES string of the molecule is O=c1[nH]cc(Cl)cc1-n1cnnc1. The maximum absolute atomic E-state index is 11.3. The molecule has 0 amide bonds. The molecule has 0 atom stereocenters. The molecule has 2 aromatic heterocycles. The summed E-state index contributed by atoms with van der Waals surface area (Å²) in [4.78, 5) is 13.8. The number of nitrogens with one attached hydrogen (secondary N) is 1. The Morgan fingerprint density at radius 3 is 2.77 bits per heavy atom. The highest BCUT2D eigenvalue weighted by Gasteiger charge is 2.02. The van der Waals surface area contributed by atoms with E-state index in [0.29, 0.717) is 10.7 Å². The van der Waals surface area contributed by atoms with Crippen molar-refractivity contribution in [2.24, 2.45) is 0 Å². The summed E-state index contributed by atoms with van der Waals surface area (Å²) in [5.74, 6) is 0. The third-order valence-electron chi connectivity index (χ3n) is 1.55. The second-order valence-corrected chi connectivity index (χ2v) is 2.84. The van der Waals surface area contributed by atoms with E-state index in [9.17, 15) is 4.79 Å². The van der Waals surface area contributed by atoms with E-state index >= 15 is 0 Å². The van der Waals surface area contributed by atoms with E-state index in [0.717, 1.165) is 0 Å². The quantitative estimate of drug-likeness (QED) is 0.727. The lowest BCUT2D eigenvalue weighted by atomic mass is 10.4. The number of aromatic amines is 1. The van der Waals surface area contributed by atoms with Crippen LogP contribution < -0.4 is 5.56 Å². The molecule has 2 heterocycles. The molecular weight excluding hydrogens is 192 g/mol. The van der Waals surface area contributed by atoms with Gasteiger partial charge in [-0.1, -0.05) is 11.6 Å². The second-order valence-electron chi connectivity index (χ2n) is 2.40. The zero-order valence-corrected chi connectivity index (χ0v) is 7.19. The first-order valence-electron chi connectivity index (χ1n) is 3.50. The van der Waals surface area contributed by atoms with Crippen molar-refractivity contribution in [1.82, 2.24) is 19.7 Å². The smallest absolute Gasteiger partial charge is 0.272 e. The molecule has 0 aliphatic heterocycles. The molecule has 0 saturated heterocycles. The van der Waals surface area contributed by atoms with E-state index in [-0.39, 0.29) is 5.56 Å². The van der Waals surface area contributed by atoms with Crippen LogP contribution in [0.4, 0.5) is 0 Å². The molecular formula is C7H5ClN4O. The van der Waals surface area contributed by atoms with Crippen LogP contribution in [-0.4, -0.2) is 19.7 Å². The highest BCUT2D eigenvalue weighted by molar-refractivity contribution is 6.30. The summed E-state index contributed by atoms with van der Waals surface area (Å²) in [6, 6.07) is 1.55. The molecule has 0 radical (unpaired) electrons. The van der Waals surface area contributed by atoms with Crippen molar-refractivity contribution in [1.29, 1.82) is 0 Å². The van der Waals surface area contributed by atoms with Gasteiger partial charge in [0.2, 0.25) is 0 Å². The minimum absolute atomic E-state index is 0.232. The summed E-state index contributed by atoms with van der Waals surface area (Å²) >= 11 is 5.71. The first kappa shape index (κ1) is 8.00. The number of H-pyrrole nitrogens is 1. The number of hydrogen-bond acceptors (Lipinski definition) is 3. The summed E-state index contributed by atoms with van der Waals surface area (Å²) in [6.45, 7) is 0. The van der Waals surface area contributed by atoms with Crippen LogP contribution in [-0.2, 0) is 0 Å². The molecule has 0 fully saturated rings. The largest absolute Gasteiger partial charge is 0.326 e. The van der Waals surface area contributed by atoms with Crippen molar-refractivity contribution in [3.63, 3.8) is 0 Å². The summed E-state index contributed by atoms with van der Waals surface area (Å²) in [5, 5.41) is 7.63. The molecule has 5 nitrogen and oxygen atoms in total. The van der Waals surface area contributed by atoms with Gasteiger partial charge in [0.25, 0.3) is 5.56 Å². The van der Waals surface area contributed by atoms with Crippen LogP contribution in [0.15, 0.2) is 29.7 Å². The molecule has 0 unspecified atom stereocenters. The van der Waals surface area contributed by atoms with Gasteiger partial charge in [-0.25, -0.2) is 0 Å². The van der Waals surface area contributed by atoms with Gasteiger partial charge in [0.05, 0.1) is 5.02 Å². The Bertz CT molecular complexity index is 462. The Hall–Kier alpha value is -1.62. The van der Waals surface area contributed by atoms with Crippen molar-refractivity contribution < 1.29 is 0 Å². The van der Waals surface area contributed by atoms with E-state index < -0.39 is 0 Å². The summed E-state index contributed by atoms with van der Waals surface area (Å²) in [6.07, 6.45) is 4.29. The maximum Gasteiger partial charge on any atom is 0.272 e. The van der Waals surface area contributed by atoms with Gasteiger partial charge in [-0.05, 0) is 6.07 Å². The van der Waals surface area contributed by atoms with Crippen LogP contribution in [0.25, 0.3) is 5.69 Å². The third kappa shape index (κ3) is 1.46. The van der Waals surface area contributed by atoms with Crippen molar-refractivity contribution >= 4 is 11.6 Å². The van der Waals surface area contributed by atoms with Gasteiger partial charge in [-0.2, -0.15) is 0 Å². The number of nitrogens with zero attached hydrogens (tertiary/aromatic N) is 3. The van der Waals surface area contributed by atoms with Gasteiger partial charge in [0.15, 0.2) is 0 Å². The van der Waals surface area contributed by atoms with E-state index in [1.807, 2.05) is 0 Å². The zero-order valence-electron chi connectivity index (χ0n) is 6.44. The molecule has 0 saturated carbocycles. The lowest BCUT2D eigenvalue weighted by Crippen LogP contribution is -2.12. The Balaban J connectivity index is 2.64. The Morgan fingerprint density at radius 1 is 1.38 bits per heavy atom. The van der Waals surface area contributed by atoms with Crippen LogP contribution in [0.2, 0.25) is 5.02 Å². The lowest BCUT2D eigenvalue weighted by Gasteiger charge is -1.98. The summed E-state index contributed by atoms with van der Waals surface area (Å²) in [5.41, 5.74) is 0.168. The van der Waals surface area contributed by atoms with E-state index in [4.69, 9.17) is 11.6 Å². The Morgan fingerprint density at radius 2 is 2.08 bits per heavy atom. The predicted octanol–water partition coefficient (Wildman–Crippen LogP) is 0.609. The lowest BCUT2D eigenvalue weighted by molar-refractivity contribution is 1.01. The number of aromatic nitrogens is 4. The van der Waals surface area contributed by atoms with E-state index in [1.54, 1.807) is 6.07 Å². The summed E-state index contributed by atoms with van der Waals surface area (Å²) in [7, 11) is 0. The second kappa shape index (κ2) is 3.02. The van der Waals surface area contributed by atoms with Crippen LogP contribution in [0.3, 0.4) is 0 Å². The molecule has 0 spiro atoms. The number of halogens is 1. The number of rotatable bonds is 1. The Kier molecular flexibility index (Phi) is 1.86. The minimum atomic E-state index is -0.232. The van der Waals surface area contributed by atoms with Crippen molar-refractivity contribution in [2.75, 3.05) is 0 Å². The molecule has 0 aliphatic rings.